The molecule has 4 aromatic rings. The van der Waals surface area contributed by atoms with Crippen molar-refractivity contribution in [3.05, 3.63) is 90.2 Å². The molecule has 4 N–H and O–H groups in total. The zero-order valence-corrected chi connectivity index (χ0v) is 26.6. The number of rotatable bonds is 6. The van der Waals surface area contributed by atoms with Gasteiger partial charge < -0.3 is 25.3 Å². The Morgan fingerprint density at radius 2 is 1.09 bits per heavy atom. The molecule has 246 valence electrons. The first-order valence-electron chi connectivity index (χ1n) is 15.4. The molecule has 2 aliphatic carbocycles. The summed E-state index contributed by atoms with van der Waals surface area (Å²) in [6.07, 6.45) is 5.82. The number of aliphatic carboxylic acids is 1. The van der Waals surface area contributed by atoms with Crippen LogP contribution < -0.4 is 41.4 Å². The Morgan fingerprint density at radius 1 is 0.702 bits per heavy atom. The van der Waals surface area contributed by atoms with Crippen molar-refractivity contribution in [2.24, 2.45) is 23.7 Å². The van der Waals surface area contributed by atoms with Crippen LogP contribution in [-0.4, -0.2) is 48.7 Å². The van der Waals surface area contributed by atoms with Crippen LogP contribution in [0.5, 0.6) is 0 Å². The van der Waals surface area contributed by atoms with Crippen LogP contribution in [0.1, 0.15) is 51.4 Å². The first kappa shape index (κ1) is 37.3. The number of aromatic nitrogens is 4. The number of H-pyrrole nitrogens is 2. The van der Waals surface area contributed by atoms with Gasteiger partial charge in [-0.3, -0.25) is 28.3 Å². The van der Waals surface area contributed by atoms with Gasteiger partial charge in [0.2, 0.25) is 0 Å². The summed E-state index contributed by atoms with van der Waals surface area (Å²) in [7, 11) is 1.41. The number of nitrogens with one attached hydrogen (secondary N) is 2. The van der Waals surface area contributed by atoms with Crippen molar-refractivity contribution in [3.8, 4) is 0 Å². The van der Waals surface area contributed by atoms with E-state index in [-0.39, 0.29) is 70.8 Å². The Kier molecular flexibility index (Phi) is 13.2. The van der Waals surface area contributed by atoms with Gasteiger partial charge in [-0.15, -0.1) is 0 Å². The average molecular weight is 643 g/mol. The van der Waals surface area contributed by atoms with E-state index in [2.05, 4.69) is 9.97 Å². The van der Waals surface area contributed by atoms with Crippen molar-refractivity contribution in [1.82, 2.24) is 19.1 Å². The summed E-state index contributed by atoms with van der Waals surface area (Å²) in [5, 5.41) is 10.0. The van der Waals surface area contributed by atoms with Gasteiger partial charge in [0.05, 0.1) is 40.8 Å². The molecule has 0 radical (unpaired) electrons. The number of ether oxygens (including phenoxy) is 1. The van der Waals surface area contributed by atoms with Gasteiger partial charge in [0.25, 0.3) is 11.1 Å². The van der Waals surface area contributed by atoms with Crippen LogP contribution in [0.3, 0.4) is 0 Å². The number of fused-ring (bicyclic) bond motifs is 2. The normalized spacial score (nSPS) is 20.6. The van der Waals surface area contributed by atoms with Crippen molar-refractivity contribution in [2.45, 2.75) is 64.5 Å². The minimum atomic E-state index is -0.751. The molecular weight excluding hydrogens is 603 g/mol. The molecule has 0 atom stereocenters. The predicted octanol–water partition coefficient (Wildman–Crippen LogP) is 0.0772. The van der Waals surface area contributed by atoms with Crippen molar-refractivity contribution in [2.75, 3.05) is 7.11 Å². The largest absolute Gasteiger partial charge is 1.00 e. The van der Waals surface area contributed by atoms with Gasteiger partial charge >= 0.3 is 42.2 Å². The molecule has 2 aromatic carbocycles. The molecule has 0 unspecified atom stereocenters. The number of carboxylic acid groups (broad SMARTS) is 1. The molecule has 6 rings (SSSR count). The Hall–Kier alpha value is -4.18. The molecule has 0 amide bonds. The van der Waals surface area contributed by atoms with E-state index in [1.807, 2.05) is 0 Å². The molecule has 0 bridgehead atoms. The quantitative estimate of drug-likeness (QED) is 0.192. The van der Waals surface area contributed by atoms with E-state index < -0.39 is 11.7 Å². The number of nitrogens with zero attached hydrogens (tertiary/aromatic N) is 2. The van der Waals surface area contributed by atoms with E-state index >= 15 is 0 Å². The van der Waals surface area contributed by atoms with Crippen molar-refractivity contribution in [3.63, 3.8) is 0 Å². The minimum absolute atomic E-state index is 0. The smallest absolute Gasteiger partial charge is 0.870 e. The number of carbonyl (C=O) groups excluding carboxylic acids is 1. The molecule has 2 saturated carbocycles. The molecule has 47 heavy (non-hydrogen) atoms. The molecule has 2 aliphatic rings. The van der Waals surface area contributed by atoms with Crippen LogP contribution in [0.25, 0.3) is 21.8 Å². The Morgan fingerprint density at radius 3 is 1.47 bits per heavy atom. The summed E-state index contributed by atoms with van der Waals surface area (Å²) < 4.78 is 7.31. The van der Waals surface area contributed by atoms with Gasteiger partial charge in [-0.1, -0.05) is 24.3 Å². The van der Waals surface area contributed by atoms with E-state index in [0.29, 0.717) is 47.7 Å². The molecule has 2 heterocycles. The van der Waals surface area contributed by atoms with Crippen LogP contribution in [0.4, 0.5) is 0 Å². The number of methoxy groups -OCH3 is 1. The van der Waals surface area contributed by atoms with Gasteiger partial charge in [-0.25, -0.2) is 9.59 Å². The number of aromatic amines is 2. The van der Waals surface area contributed by atoms with Crippen LogP contribution in [0.15, 0.2) is 67.7 Å². The fourth-order valence-electron chi connectivity index (χ4n) is 6.59. The van der Waals surface area contributed by atoms with Crippen molar-refractivity contribution < 1.29 is 43.8 Å². The maximum atomic E-state index is 12.5. The van der Waals surface area contributed by atoms with Gasteiger partial charge in [0.15, 0.2) is 0 Å². The van der Waals surface area contributed by atoms with E-state index in [4.69, 9.17) is 9.84 Å². The maximum absolute atomic E-state index is 12.5. The van der Waals surface area contributed by atoms with E-state index in [0.717, 1.165) is 38.5 Å². The number of carbonyl (C=O) groups is 2. The molecule has 0 saturated heterocycles. The number of esters is 1. The second-order valence-electron chi connectivity index (χ2n) is 12.1. The third kappa shape index (κ3) is 8.60. The SMILES string of the molecule is COC(=O)C1CCC(Cn2c(=O)[nH]c3ccccc3c2=O)CC1.O=C(O)C1CCC(Cn2c(=O)[nH]c3ccccc3c2=O)CC1.[Li+].[OH-]. The van der Waals surface area contributed by atoms with E-state index in [1.165, 1.54) is 16.2 Å². The third-order valence-electron chi connectivity index (χ3n) is 9.24. The van der Waals surface area contributed by atoms with Crippen molar-refractivity contribution >= 4 is 33.7 Å². The van der Waals surface area contributed by atoms with Crippen LogP contribution in [0, 0.1) is 23.7 Å². The van der Waals surface area contributed by atoms with Gasteiger partial charge in [0, 0.05) is 13.1 Å². The van der Waals surface area contributed by atoms with Crippen LogP contribution >= 0.6 is 0 Å². The van der Waals surface area contributed by atoms with Gasteiger partial charge in [0.1, 0.15) is 0 Å². The standard InChI is InChI=1S/C17H20N2O4.C16H18N2O4.Li.H2O/c1-23-16(21)12-8-6-11(7-9-12)10-19-15(20)13-4-2-3-5-14(13)18-17(19)22;19-14-12-3-1-2-4-13(12)17-16(22)18(14)9-10-5-7-11(8-6-10)15(20)21;;/h2-5,11-12H,6-10H2,1H3,(H,18,22);1-4,10-11H,5-9H2,(H,17,22)(H,20,21);;1H2/q;;+1;/p-1. The Balaban J connectivity index is 0.000000245. The molecule has 0 spiro atoms. The summed E-state index contributed by atoms with van der Waals surface area (Å²) in [6, 6.07) is 14.0. The zero-order chi connectivity index (χ0) is 32.1. The van der Waals surface area contributed by atoms with Gasteiger partial charge in [-0.2, -0.15) is 0 Å². The molecule has 2 fully saturated rings. The summed E-state index contributed by atoms with van der Waals surface area (Å²) in [5.41, 5.74) is -0.191. The van der Waals surface area contributed by atoms with E-state index in [9.17, 15) is 28.8 Å². The number of hydrogen-bond donors (Lipinski definition) is 3. The third-order valence-corrected chi connectivity index (χ3v) is 9.24. The summed E-state index contributed by atoms with van der Waals surface area (Å²) in [6.45, 7) is 0.748. The first-order chi connectivity index (χ1) is 21.7. The number of carboxylic acids is 1. The monoisotopic (exact) mass is 642 g/mol. The predicted molar refractivity (Wildman–Crippen MR) is 170 cm³/mol. The zero-order valence-electron chi connectivity index (χ0n) is 26.6. The first-order valence-corrected chi connectivity index (χ1v) is 15.4. The van der Waals surface area contributed by atoms with Crippen molar-refractivity contribution in [1.29, 1.82) is 0 Å². The fourth-order valence-corrected chi connectivity index (χ4v) is 6.59. The molecule has 0 aliphatic heterocycles. The van der Waals surface area contributed by atoms with E-state index in [1.54, 1.807) is 48.5 Å². The minimum Gasteiger partial charge on any atom is -0.870 e. The number of para-hydroxylation sites is 2. The van der Waals surface area contributed by atoms with Crippen LogP contribution in [-0.2, 0) is 27.4 Å². The Labute approximate surface area is 281 Å². The van der Waals surface area contributed by atoms with Crippen LogP contribution in [0.2, 0.25) is 0 Å². The maximum Gasteiger partial charge on any atom is 1.00 e. The molecule has 14 heteroatoms. The van der Waals surface area contributed by atoms with Gasteiger partial charge in [-0.05, 0) is 87.5 Å². The molecule has 13 nitrogen and oxygen atoms in total. The topological polar surface area (TPSA) is 203 Å². The summed E-state index contributed by atoms with van der Waals surface area (Å²) >= 11 is 0. The molecule has 2 aromatic heterocycles. The number of benzene rings is 2. The average Bonchev–Trinajstić information content (AvgIpc) is 3.05. The molecular formula is C33H39LiN4O9. The number of hydrogen-bond acceptors (Lipinski definition) is 8. The fraction of sp³-hybridized carbons (Fsp3) is 0.455. The second-order valence-corrected chi connectivity index (χ2v) is 12.1. The summed E-state index contributed by atoms with van der Waals surface area (Å²) in [4.78, 5) is 77.3. The Bertz CT molecular complexity index is 1930. The summed E-state index contributed by atoms with van der Waals surface area (Å²) in [5.74, 6) is -0.847. The second kappa shape index (κ2) is 16.6.